The molecule has 0 bridgehead atoms. The molecular weight excluding hydrogens is 128 g/mol. The standard InChI is InChI=1S/C8H14O2/c1-6-3-2-4-7(5-6)8(9)10/h6-7H,2-5H2,1H3,(H,9,10)/t6-,7+/m0/s1. The molecule has 0 radical (unpaired) electrons. The monoisotopic (exact) mass is 142 g/mol. The molecule has 0 aromatic heterocycles. The van der Waals surface area contributed by atoms with Gasteiger partial charge in [0.05, 0.1) is 5.92 Å². The average molecular weight is 142 g/mol. The van der Waals surface area contributed by atoms with E-state index >= 15 is 0 Å². The lowest BCUT2D eigenvalue weighted by molar-refractivity contribution is -0.143. The van der Waals surface area contributed by atoms with E-state index in [9.17, 15) is 4.79 Å². The molecule has 1 aliphatic rings. The van der Waals surface area contributed by atoms with E-state index in [1.54, 1.807) is 0 Å². The first kappa shape index (κ1) is 7.58. The summed E-state index contributed by atoms with van der Waals surface area (Å²) >= 11 is 0. The molecule has 1 aliphatic carbocycles. The van der Waals surface area contributed by atoms with Gasteiger partial charge in [-0.25, -0.2) is 0 Å². The van der Waals surface area contributed by atoms with Gasteiger partial charge in [-0.15, -0.1) is 0 Å². The first-order valence-corrected chi connectivity index (χ1v) is 3.93. The summed E-state index contributed by atoms with van der Waals surface area (Å²) in [7, 11) is 0. The Balaban J connectivity index is 2.39. The van der Waals surface area contributed by atoms with Crippen LogP contribution in [-0.4, -0.2) is 11.1 Å². The van der Waals surface area contributed by atoms with Gasteiger partial charge in [0.2, 0.25) is 0 Å². The Morgan fingerprint density at radius 2 is 2.20 bits per heavy atom. The second-order valence-corrected chi connectivity index (χ2v) is 3.31. The summed E-state index contributed by atoms with van der Waals surface area (Å²) in [6, 6.07) is 0. The Labute approximate surface area is 61.2 Å². The molecule has 1 fully saturated rings. The summed E-state index contributed by atoms with van der Waals surface area (Å²) < 4.78 is 0. The van der Waals surface area contributed by atoms with E-state index in [2.05, 4.69) is 6.92 Å². The smallest absolute Gasteiger partial charge is 0.306 e. The zero-order chi connectivity index (χ0) is 7.56. The van der Waals surface area contributed by atoms with E-state index in [0.29, 0.717) is 5.92 Å². The predicted molar refractivity (Wildman–Crippen MR) is 38.8 cm³/mol. The number of hydrogen-bond acceptors (Lipinski definition) is 1. The molecule has 10 heavy (non-hydrogen) atoms. The van der Waals surface area contributed by atoms with Crippen LogP contribution in [0, 0.1) is 11.8 Å². The van der Waals surface area contributed by atoms with E-state index in [1.807, 2.05) is 0 Å². The molecule has 1 N–H and O–H groups in total. The van der Waals surface area contributed by atoms with Gasteiger partial charge in [-0.2, -0.15) is 0 Å². The minimum atomic E-state index is -0.605. The molecule has 1 rings (SSSR count). The van der Waals surface area contributed by atoms with Crippen molar-refractivity contribution in [2.24, 2.45) is 11.8 Å². The van der Waals surface area contributed by atoms with E-state index in [0.717, 1.165) is 19.3 Å². The highest BCUT2D eigenvalue weighted by molar-refractivity contribution is 5.70. The van der Waals surface area contributed by atoms with Gasteiger partial charge < -0.3 is 5.11 Å². The van der Waals surface area contributed by atoms with Crippen LogP contribution in [-0.2, 0) is 4.79 Å². The van der Waals surface area contributed by atoms with Crippen molar-refractivity contribution in [3.8, 4) is 0 Å². The lowest BCUT2D eigenvalue weighted by Crippen LogP contribution is -2.20. The number of rotatable bonds is 1. The number of carbonyl (C=O) groups is 1. The average Bonchev–Trinajstić information content (AvgIpc) is 1.88. The third kappa shape index (κ3) is 1.72. The van der Waals surface area contributed by atoms with Crippen molar-refractivity contribution < 1.29 is 9.90 Å². The summed E-state index contributed by atoms with van der Waals surface area (Å²) in [6.45, 7) is 2.13. The van der Waals surface area contributed by atoms with Crippen molar-refractivity contribution in [3.63, 3.8) is 0 Å². The van der Waals surface area contributed by atoms with Crippen molar-refractivity contribution in [2.45, 2.75) is 32.6 Å². The zero-order valence-electron chi connectivity index (χ0n) is 6.34. The van der Waals surface area contributed by atoms with Crippen LogP contribution in [0.5, 0.6) is 0 Å². The van der Waals surface area contributed by atoms with Crippen LogP contribution in [0.15, 0.2) is 0 Å². The summed E-state index contributed by atoms with van der Waals surface area (Å²) in [6.07, 6.45) is 4.08. The quantitative estimate of drug-likeness (QED) is 0.607. The van der Waals surface area contributed by atoms with E-state index in [4.69, 9.17) is 5.11 Å². The topological polar surface area (TPSA) is 37.3 Å². The van der Waals surface area contributed by atoms with Gasteiger partial charge >= 0.3 is 5.97 Å². The fourth-order valence-electron chi connectivity index (χ4n) is 1.66. The summed E-state index contributed by atoms with van der Waals surface area (Å²) in [5, 5.41) is 8.66. The highest BCUT2D eigenvalue weighted by Crippen LogP contribution is 2.28. The zero-order valence-corrected chi connectivity index (χ0v) is 6.34. The summed E-state index contributed by atoms with van der Waals surface area (Å²) in [4.78, 5) is 10.5. The molecule has 0 heterocycles. The Kier molecular flexibility index (Phi) is 2.30. The van der Waals surface area contributed by atoms with Gasteiger partial charge in [0.1, 0.15) is 0 Å². The molecule has 0 spiro atoms. The van der Waals surface area contributed by atoms with Crippen LogP contribution in [0.1, 0.15) is 32.6 Å². The van der Waals surface area contributed by atoms with E-state index in [1.165, 1.54) is 6.42 Å². The summed E-state index contributed by atoms with van der Waals surface area (Å²) in [5.41, 5.74) is 0. The first-order chi connectivity index (χ1) is 4.70. The largest absolute Gasteiger partial charge is 0.481 e. The summed E-state index contributed by atoms with van der Waals surface area (Å²) in [5.74, 6) is -0.0369. The van der Waals surface area contributed by atoms with Gasteiger partial charge in [-0.05, 0) is 18.8 Å². The van der Waals surface area contributed by atoms with Gasteiger partial charge in [0, 0.05) is 0 Å². The van der Waals surface area contributed by atoms with Gasteiger partial charge in [-0.1, -0.05) is 19.8 Å². The van der Waals surface area contributed by atoms with Crippen LogP contribution in [0.3, 0.4) is 0 Å². The Morgan fingerprint density at radius 1 is 1.50 bits per heavy atom. The Hall–Kier alpha value is -0.530. The molecule has 0 amide bonds. The third-order valence-electron chi connectivity index (χ3n) is 2.29. The predicted octanol–water partition coefficient (Wildman–Crippen LogP) is 1.90. The number of carboxylic acids is 1. The Morgan fingerprint density at radius 3 is 2.60 bits per heavy atom. The molecule has 58 valence electrons. The number of hydrogen-bond donors (Lipinski definition) is 1. The van der Waals surface area contributed by atoms with Crippen molar-refractivity contribution in [2.75, 3.05) is 0 Å². The lowest BCUT2D eigenvalue weighted by atomic mass is 9.83. The highest BCUT2D eigenvalue weighted by atomic mass is 16.4. The molecule has 0 aliphatic heterocycles. The van der Waals surface area contributed by atoms with Crippen LogP contribution >= 0.6 is 0 Å². The molecule has 0 aromatic carbocycles. The fourth-order valence-corrected chi connectivity index (χ4v) is 1.66. The lowest BCUT2D eigenvalue weighted by Gasteiger charge is -2.22. The van der Waals surface area contributed by atoms with Crippen LogP contribution < -0.4 is 0 Å². The highest BCUT2D eigenvalue weighted by Gasteiger charge is 2.23. The second kappa shape index (κ2) is 3.04. The molecular formula is C8H14O2. The van der Waals surface area contributed by atoms with Crippen molar-refractivity contribution in [3.05, 3.63) is 0 Å². The maximum absolute atomic E-state index is 10.5. The van der Waals surface area contributed by atoms with Gasteiger partial charge in [-0.3, -0.25) is 4.79 Å². The number of carboxylic acid groups (broad SMARTS) is 1. The third-order valence-corrected chi connectivity index (χ3v) is 2.29. The maximum atomic E-state index is 10.5. The van der Waals surface area contributed by atoms with Crippen LogP contribution in [0.4, 0.5) is 0 Å². The van der Waals surface area contributed by atoms with Crippen molar-refractivity contribution in [1.29, 1.82) is 0 Å². The molecule has 0 unspecified atom stereocenters. The van der Waals surface area contributed by atoms with Gasteiger partial charge in [0.15, 0.2) is 0 Å². The molecule has 2 atom stereocenters. The minimum absolute atomic E-state index is 0.0521. The second-order valence-electron chi connectivity index (χ2n) is 3.31. The SMILES string of the molecule is C[C@H]1CCC[C@@H](C(=O)O)C1. The van der Waals surface area contributed by atoms with E-state index < -0.39 is 5.97 Å². The van der Waals surface area contributed by atoms with Crippen LogP contribution in [0.2, 0.25) is 0 Å². The van der Waals surface area contributed by atoms with Crippen LogP contribution in [0.25, 0.3) is 0 Å². The molecule has 0 aromatic rings. The van der Waals surface area contributed by atoms with Gasteiger partial charge in [0.25, 0.3) is 0 Å². The molecule has 2 heteroatoms. The maximum Gasteiger partial charge on any atom is 0.306 e. The van der Waals surface area contributed by atoms with E-state index in [-0.39, 0.29) is 5.92 Å². The Bertz CT molecular complexity index is 131. The fraction of sp³-hybridized carbons (Fsp3) is 0.875. The molecule has 2 nitrogen and oxygen atoms in total. The van der Waals surface area contributed by atoms with Crippen molar-refractivity contribution in [1.82, 2.24) is 0 Å². The molecule has 1 saturated carbocycles. The van der Waals surface area contributed by atoms with Crippen molar-refractivity contribution >= 4 is 5.97 Å². The number of aliphatic carboxylic acids is 1. The first-order valence-electron chi connectivity index (χ1n) is 3.93. The minimum Gasteiger partial charge on any atom is -0.481 e. The normalized spacial score (nSPS) is 33.7. The molecule has 0 saturated heterocycles.